The number of aliphatic hydroxyl groups is 1. The predicted molar refractivity (Wildman–Crippen MR) is 69.6 cm³/mol. The number of urea groups is 1. The number of carbonyl (C=O) groups excluding carboxylic acids is 1. The minimum Gasteiger partial charge on any atom is -0.494 e. The van der Waals surface area contributed by atoms with E-state index in [0.717, 1.165) is 11.3 Å². The van der Waals surface area contributed by atoms with Gasteiger partial charge in [0.15, 0.2) is 0 Å². The molecule has 1 aromatic carbocycles. The van der Waals surface area contributed by atoms with Crippen LogP contribution in [0.3, 0.4) is 0 Å². The summed E-state index contributed by atoms with van der Waals surface area (Å²) in [7, 11) is 0. The Bertz CT molecular complexity index is 369. The summed E-state index contributed by atoms with van der Waals surface area (Å²) in [5.41, 5.74) is 0.941. The van der Waals surface area contributed by atoms with Crippen molar-refractivity contribution in [2.24, 2.45) is 0 Å². The largest absolute Gasteiger partial charge is 0.494 e. The van der Waals surface area contributed by atoms with Crippen LogP contribution in [0.2, 0.25) is 0 Å². The molecule has 0 atom stereocenters. The molecule has 0 spiro atoms. The van der Waals surface area contributed by atoms with E-state index in [-0.39, 0.29) is 12.6 Å². The molecule has 0 aliphatic carbocycles. The standard InChI is InChI=1S/C13H20N2O3/c1-2-18-12-7-4-3-6-11(12)10-15-13(17)14-8-5-9-16/h3-4,6-7,16H,2,5,8-10H2,1H3,(H2,14,15,17). The number of carbonyl (C=O) groups is 1. The summed E-state index contributed by atoms with van der Waals surface area (Å²) in [4.78, 5) is 11.4. The number of rotatable bonds is 7. The van der Waals surface area contributed by atoms with E-state index in [9.17, 15) is 4.79 Å². The van der Waals surface area contributed by atoms with Crippen molar-refractivity contribution in [1.29, 1.82) is 0 Å². The molecule has 3 N–H and O–H groups in total. The molecule has 1 aromatic rings. The lowest BCUT2D eigenvalue weighted by atomic mass is 10.2. The van der Waals surface area contributed by atoms with E-state index in [1.807, 2.05) is 31.2 Å². The molecule has 0 unspecified atom stereocenters. The molecule has 2 amide bonds. The van der Waals surface area contributed by atoms with Crippen LogP contribution in [0, 0.1) is 0 Å². The van der Waals surface area contributed by atoms with Gasteiger partial charge in [0.05, 0.1) is 6.61 Å². The first-order valence-electron chi connectivity index (χ1n) is 6.11. The second-order valence-electron chi connectivity index (χ2n) is 3.73. The monoisotopic (exact) mass is 252 g/mol. The van der Waals surface area contributed by atoms with Crippen LogP contribution in [0.5, 0.6) is 5.75 Å². The summed E-state index contributed by atoms with van der Waals surface area (Å²) >= 11 is 0. The van der Waals surface area contributed by atoms with E-state index < -0.39 is 0 Å². The van der Waals surface area contributed by atoms with E-state index in [1.165, 1.54) is 0 Å². The number of aliphatic hydroxyl groups excluding tert-OH is 1. The van der Waals surface area contributed by atoms with Gasteiger partial charge in [-0.05, 0) is 19.4 Å². The molecule has 0 heterocycles. The first kappa shape index (κ1) is 14.3. The molecule has 0 saturated heterocycles. The zero-order valence-electron chi connectivity index (χ0n) is 10.6. The normalized spacial score (nSPS) is 9.89. The van der Waals surface area contributed by atoms with Gasteiger partial charge in [0.2, 0.25) is 0 Å². The number of benzene rings is 1. The highest BCUT2D eigenvalue weighted by Gasteiger charge is 2.04. The molecule has 5 heteroatoms. The van der Waals surface area contributed by atoms with Crippen molar-refractivity contribution < 1.29 is 14.6 Å². The molecular formula is C13H20N2O3. The van der Waals surface area contributed by atoms with Crippen LogP contribution in [0.1, 0.15) is 18.9 Å². The number of amides is 2. The second kappa shape index (κ2) is 8.36. The zero-order chi connectivity index (χ0) is 13.2. The maximum atomic E-state index is 11.4. The Kier molecular flexibility index (Phi) is 6.64. The molecule has 100 valence electrons. The fourth-order valence-electron chi connectivity index (χ4n) is 1.47. The van der Waals surface area contributed by atoms with Gasteiger partial charge in [0.25, 0.3) is 0 Å². The molecule has 18 heavy (non-hydrogen) atoms. The lowest BCUT2D eigenvalue weighted by Crippen LogP contribution is -2.35. The lowest BCUT2D eigenvalue weighted by molar-refractivity contribution is 0.237. The SMILES string of the molecule is CCOc1ccccc1CNC(=O)NCCCO. The smallest absolute Gasteiger partial charge is 0.315 e. The fraction of sp³-hybridized carbons (Fsp3) is 0.462. The quantitative estimate of drug-likeness (QED) is 0.640. The van der Waals surface area contributed by atoms with Gasteiger partial charge in [0, 0.05) is 25.3 Å². The van der Waals surface area contributed by atoms with Gasteiger partial charge in [-0.25, -0.2) is 4.79 Å². The Labute approximate surface area is 107 Å². The molecule has 0 aliphatic rings. The van der Waals surface area contributed by atoms with Crippen LogP contribution in [-0.4, -0.2) is 30.9 Å². The van der Waals surface area contributed by atoms with Crippen LogP contribution < -0.4 is 15.4 Å². The third-order valence-electron chi connectivity index (χ3n) is 2.33. The molecule has 0 fully saturated rings. The van der Waals surface area contributed by atoms with Crippen molar-refractivity contribution in [3.8, 4) is 5.75 Å². The average molecular weight is 252 g/mol. The summed E-state index contributed by atoms with van der Waals surface area (Å²) in [6.45, 7) is 3.48. The van der Waals surface area contributed by atoms with Crippen LogP contribution in [0.25, 0.3) is 0 Å². The third-order valence-corrected chi connectivity index (χ3v) is 2.33. The number of nitrogens with one attached hydrogen (secondary N) is 2. The first-order valence-corrected chi connectivity index (χ1v) is 6.11. The van der Waals surface area contributed by atoms with Crippen molar-refractivity contribution in [1.82, 2.24) is 10.6 Å². The molecule has 0 aliphatic heterocycles. The summed E-state index contributed by atoms with van der Waals surface area (Å²) < 4.78 is 5.46. The average Bonchev–Trinajstić information content (AvgIpc) is 2.38. The van der Waals surface area contributed by atoms with Crippen molar-refractivity contribution in [3.63, 3.8) is 0 Å². The number of para-hydroxylation sites is 1. The highest BCUT2D eigenvalue weighted by atomic mass is 16.5. The zero-order valence-corrected chi connectivity index (χ0v) is 10.6. The fourth-order valence-corrected chi connectivity index (χ4v) is 1.47. The minimum atomic E-state index is -0.241. The van der Waals surface area contributed by atoms with Crippen LogP contribution >= 0.6 is 0 Å². The summed E-state index contributed by atoms with van der Waals surface area (Å²) in [6.07, 6.45) is 0.558. The van der Waals surface area contributed by atoms with Crippen molar-refractivity contribution in [3.05, 3.63) is 29.8 Å². The van der Waals surface area contributed by atoms with E-state index >= 15 is 0 Å². The van der Waals surface area contributed by atoms with E-state index in [1.54, 1.807) is 0 Å². The van der Waals surface area contributed by atoms with Crippen LogP contribution in [0.15, 0.2) is 24.3 Å². The molecule has 5 nitrogen and oxygen atoms in total. The van der Waals surface area contributed by atoms with E-state index in [4.69, 9.17) is 9.84 Å². The van der Waals surface area contributed by atoms with Crippen molar-refractivity contribution in [2.45, 2.75) is 19.9 Å². The Morgan fingerprint density at radius 3 is 2.83 bits per heavy atom. The van der Waals surface area contributed by atoms with Gasteiger partial charge in [-0.1, -0.05) is 18.2 Å². The van der Waals surface area contributed by atoms with Gasteiger partial charge in [-0.15, -0.1) is 0 Å². The lowest BCUT2D eigenvalue weighted by Gasteiger charge is -2.11. The van der Waals surface area contributed by atoms with Gasteiger partial charge in [0.1, 0.15) is 5.75 Å². The predicted octanol–water partition coefficient (Wildman–Crippen LogP) is 1.27. The van der Waals surface area contributed by atoms with Gasteiger partial charge in [-0.2, -0.15) is 0 Å². The second-order valence-corrected chi connectivity index (χ2v) is 3.73. The Morgan fingerprint density at radius 1 is 1.33 bits per heavy atom. The molecular weight excluding hydrogens is 232 g/mol. The molecule has 1 rings (SSSR count). The molecule has 0 bridgehead atoms. The maximum absolute atomic E-state index is 11.4. The van der Waals surface area contributed by atoms with Crippen molar-refractivity contribution >= 4 is 6.03 Å². The highest BCUT2D eigenvalue weighted by Crippen LogP contribution is 2.17. The van der Waals surface area contributed by atoms with Crippen LogP contribution in [-0.2, 0) is 6.54 Å². The Hall–Kier alpha value is -1.75. The molecule has 0 saturated carbocycles. The summed E-state index contributed by atoms with van der Waals surface area (Å²) in [5.74, 6) is 0.788. The van der Waals surface area contributed by atoms with Crippen molar-refractivity contribution in [2.75, 3.05) is 19.8 Å². The van der Waals surface area contributed by atoms with Gasteiger partial charge < -0.3 is 20.5 Å². The summed E-state index contributed by atoms with van der Waals surface area (Å²) in [5, 5.41) is 14.0. The van der Waals surface area contributed by atoms with E-state index in [2.05, 4.69) is 10.6 Å². The number of hydrogen-bond acceptors (Lipinski definition) is 3. The van der Waals surface area contributed by atoms with Gasteiger partial charge >= 0.3 is 6.03 Å². The Morgan fingerprint density at radius 2 is 2.11 bits per heavy atom. The minimum absolute atomic E-state index is 0.0768. The number of hydrogen-bond donors (Lipinski definition) is 3. The molecule has 0 aromatic heterocycles. The van der Waals surface area contributed by atoms with E-state index in [0.29, 0.717) is 26.1 Å². The van der Waals surface area contributed by atoms with Gasteiger partial charge in [-0.3, -0.25) is 0 Å². The Balaban J connectivity index is 2.40. The molecule has 0 radical (unpaired) electrons. The first-order chi connectivity index (χ1) is 8.77. The number of ether oxygens (including phenoxy) is 1. The summed E-state index contributed by atoms with van der Waals surface area (Å²) in [6, 6.07) is 7.36. The topological polar surface area (TPSA) is 70.6 Å². The van der Waals surface area contributed by atoms with Crippen LogP contribution in [0.4, 0.5) is 4.79 Å². The maximum Gasteiger partial charge on any atom is 0.315 e. The highest BCUT2D eigenvalue weighted by molar-refractivity contribution is 5.73. The third kappa shape index (κ3) is 5.05.